The van der Waals surface area contributed by atoms with E-state index >= 15 is 0 Å². The molecule has 3 N–H and O–H groups in total. The summed E-state index contributed by atoms with van der Waals surface area (Å²) in [4.78, 5) is 16.5. The van der Waals surface area contributed by atoms with E-state index < -0.39 is 6.23 Å². The van der Waals surface area contributed by atoms with Gasteiger partial charge in [0.25, 0.3) is 5.91 Å². The van der Waals surface area contributed by atoms with E-state index in [4.69, 9.17) is 27.9 Å². The van der Waals surface area contributed by atoms with Gasteiger partial charge in [-0.3, -0.25) is 15.1 Å². The Morgan fingerprint density at radius 2 is 2.00 bits per heavy atom. The zero-order valence-corrected chi connectivity index (χ0v) is 16.8. The summed E-state index contributed by atoms with van der Waals surface area (Å²) < 4.78 is 5.48. The molecule has 3 aliphatic rings. The van der Waals surface area contributed by atoms with Crippen LogP contribution in [0, 0.1) is 6.92 Å². The number of aryl methyl sites for hydroxylation is 1. The summed E-state index contributed by atoms with van der Waals surface area (Å²) >= 11 is 11.8. The lowest BCUT2D eigenvalue weighted by molar-refractivity contribution is -0.151. The maximum atomic E-state index is 12.2. The van der Waals surface area contributed by atoms with Crippen molar-refractivity contribution in [3.63, 3.8) is 0 Å². The lowest BCUT2D eigenvalue weighted by atomic mass is 9.44. The number of carbonyl (C=O) groups excluding carboxylic acids is 1. The topological polar surface area (TPSA) is 83.5 Å². The van der Waals surface area contributed by atoms with Gasteiger partial charge in [0.15, 0.2) is 6.61 Å². The summed E-state index contributed by atoms with van der Waals surface area (Å²) in [6.07, 6.45) is 3.20. The SMILES string of the molecule is Cc1cccnc1C(O)NC12CC(NC(=O)COc3ccc(Cl)c(Cl)c3)(C1)C2. The van der Waals surface area contributed by atoms with Crippen molar-refractivity contribution >= 4 is 29.1 Å². The lowest BCUT2D eigenvalue weighted by Gasteiger charge is -2.71. The molecule has 8 heteroatoms. The number of benzene rings is 1. The highest BCUT2D eigenvalue weighted by atomic mass is 35.5. The fourth-order valence-corrected chi connectivity index (χ4v) is 4.55. The molecule has 2 bridgehead atoms. The van der Waals surface area contributed by atoms with E-state index in [-0.39, 0.29) is 23.6 Å². The summed E-state index contributed by atoms with van der Waals surface area (Å²) in [7, 11) is 0. The highest BCUT2D eigenvalue weighted by Gasteiger charge is 2.69. The first-order chi connectivity index (χ1) is 13.3. The van der Waals surface area contributed by atoms with Crippen LogP contribution in [0.4, 0.5) is 0 Å². The van der Waals surface area contributed by atoms with E-state index in [2.05, 4.69) is 15.6 Å². The van der Waals surface area contributed by atoms with E-state index in [9.17, 15) is 9.90 Å². The number of amides is 1. The van der Waals surface area contributed by atoms with Crippen molar-refractivity contribution in [2.75, 3.05) is 6.61 Å². The smallest absolute Gasteiger partial charge is 0.258 e. The maximum absolute atomic E-state index is 12.2. The number of aliphatic hydroxyl groups excluding tert-OH is 1. The molecule has 5 rings (SSSR count). The average molecular weight is 422 g/mol. The summed E-state index contributed by atoms with van der Waals surface area (Å²) in [6, 6.07) is 8.64. The average Bonchev–Trinajstić information content (AvgIpc) is 2.60. The summed E-state index contributed by atoms with van der Waals surface area (Å²) in [5.41, 5.74) is 1.24. The van der Waals surface area contributed by atoms with Gasteiger partial charge in [-0.1, -0.05) is 29.3 Å². The molecule has 28 heavy (non-hydrogen) atoms. The van der Waals surface area contributed by atoms with Gasteiger partial charge in [-0.05, 0) is 49.9 Å². The van der Waals surface area contributed by atoms with E-state index in [0.29, 0.717) is 21.5 Å². The number of rotatable bonds is 7. The molecule has 0 saturated heterocycles. The first-order valence-corrected chi connectivity index (χ1v) is 9.82. The summed E-state index contributed by atoms with van der Waals surface area (Å²) in [6.45, 7) is 1.83. The third-order valence-electron chi connectivity index (χ3n) is 5.45. The van der Waals surface area contributed by atoms with Gasteiger partial charge in [-0.2, -0.15) is 0 Å². The fourth-order valence-electron chi connectivity index (χ4n) is 4.26. The van der Waals surface area contributed by atoms with E-state index in [0.717, 1.165) is 24.8 Å². The second-order valence-electron chi connectivity index (χ2n) is 7.76. The number of pyridine rings is 1. The van der Waals surface area contributed by atoms with Crippen molar-refractivity contribution in [2.45, 2.75) is 43.5 Å². The number of hydrogen-bond acceptors (Lipinski definition) is 5. The van der Waals surface area contributed by atoms with E-state index in [1.807, 2.05) is 19.1 Å². The summed E-state index contributed by atoms with van der Waals surface area (Å²) in [5, 5.41) is 17.6. The number of halogens is 2. The fraction of sp³-hybridized carbons (Fsp3) is 0.400. The minimum absolute atomic E-state index is 0.0874. The molecule has 1 aromatic heterocycles. The van der Waals surface area contributed by atoms with Gasteiger partial charge in [0.05, 0.1) is 15.7 Å². The van der Waals surface area contributed by atoms with Crippen LogP contribution in [-0.4, -0.2) is 33.7 Å². The first kappa shape index (κ1) is 19.5. The Bertz CT molecular complexity index is 902. The molecule has 2 aromatic rings. The zero-order chi connectivity index (χ0) is 19.9. The van der Waals surface area contributed by atoms with Crippen molar-refractivity contribution in [3.05, 3.63) is 57.8 Å². The Kier molecular flexibility index (Phi) is 5.00. The molecule has 3 saturated carbocycles. The van der Waals surface area contributed by atoms with Crippen LogP contribution in [0.2, 0.25) is 10.0 Å². The Morgan fingerprint density at radius 1 is 1.25 bits per heavy atom. The largest absolute Gasteiger partial charge is 0.484 e. The van der Waals surface area contributed by atoms with Gasteiger partial charge in [-0.15, -0.1) is 0 Å². The monoisotopic (exact) mass is 421 g/mol. The Hall–Kier alpha value is -1.86. The van der Waals surface area contributed by atoms with E-state index in [1.54, 1.807) is 24.4 Å². The van der Waals surface area contributed by atoms with Gasteiger partial charge >= 0.3 is 0 Å². The number of ether oxygens (including phenoxy) is 1. The Labute approximate surface area is 173 Å². The van der Waals surface area contributed by atoms with Crippen LogP contribution in [0.1, 0.15) is 36.7 Å². The molecule has 1 heterocycles. The van der Waals surface area contributed by atoms with Crippen molar-refractivity contribution in [1.29, 1.82) is 0 Å². The molecular formula is C20H21Cl2N3O3. The van der Waals surface area contributed by atoms with Gasteiger partial charge < -0.3 is 15.2 Å². The second-order valence-corrected chi connectivity index (χ2v) is 8.57. The molecule has 1 amide bonds. The quantitative estimate of drug-likeness (QED) is 0.598. The van der Waals surface area contributed by atoms with Crippen LogP contribution in [-0.2, 0) is 4.79 Å². The number of nitrogens with one attached hydrogen (secondary N) is 2. The number of hydrogen-bond donors (Lipinski definition) is 3. The molecule has 3 aliphatic carbocycles. The third-order valence-corrected chi connectivity index (χ3v) is 6.19. The molecule has 0 spiro atoms. The normalized spacial score (nSPS) is 26.0. The number of aromatic nitrogens is 1. The zero-order valence-electron chi connectivity index (χ0n) is 15.3. The summed E-state index contributed by atoms with van der Waals surface area (Å²) in [5.74, 6) is 0.314. The first-order valence-electron chi connectivity index (χ1n) is 9.06. The highest BCUT2D eigenvalue weighted by molar-refractivity contribution is 6.42. The molecule has 1 unspecified atom stereocenters. The molecule has 0 radical (unpaired) electrons. The highest BCUT2D eigenvalue weighted by Crippen LogP contribution is 2.60. The maximum Gasteiger partial charge on any atom is 0.258 e. The molecule has 3 fully saturated rings. The van der Waals surface area contributed by atoms with Gasteiger partial charge in [0.1, 0.15) is 12.0 Å². The van der Waals surface area contributed by atoms with Crippen LogP contribution in [0.5, 0.6) is 5.75 Å². The van der Waals surface area contributed by atoms with Crippen LogP contribution in [0.3, 0.4) is 0 Å². The van der Waals surface area contributed by atoms with E-state index in [1.165, 1.54) is 0 Å². The molecule has 1 aromatic carbocycles. The standard InChI is InChI=1S/C20H21Cl2N3O3/c1-12-3-2-6-23-17(12)18(27)25-20-9-19(10-20,11-20)24-16(26)8-28-13-4-5-14(21)15(22)7-13/h2-7,18,25,27H,8-11H2,1H3,(H,24,26). The molecular weight excluding hydrogens is 401 g/mol. The van der Waals surface area contributed by atoms with Crippen molar-refractivity contribution in [3.8, 4) is 5.75 Å². The Balaban J connectivity index is 1.24. The van der Waals surface area contributed by atoms with Crippen LogP contribution in [0.15, 0.2) is 36.5 Å². The van der Waals surface area contributed by atoms with Crippen molar-refractivity contribution in [1.82, 2.24) is 15.6 Å². The minimum atomic E-state index is -0.812. The van der Waals surface area contributed by atoms with Crippen LogP contribution >= 0.6 is 23.2 Å². The molecule has 148 valence electrons. The Morgan fingerprint density at radius 3 is 2.68 bits per heavy atom. The predicted octanol–water partition coefficient (Wildman–Crippen LogP) is 3.15. The molecule has 0 aliphatic heterocycles. The predicted molar refractivity (Wildman–Crippen MR) is 106 cm³/mol. The van der Waals surface area contributed by atoms with Gasteiger partial charge in [0.2, 0.25) is 0 Å². The molecule has 1 atom stereocenters. The number of aliphatic hydroxyl groups is 1. The second kappa shape index (κ2) is 7.19. The van der Waals surface area contributed by atoms with Crippen LogP contribution < -0.4 is 15.4 Å². The third kappa shape index (κ3) is 3.70. The van der Waals surface area contributed by atoms with Gasteiger partial charge in [-0.25, -0.2) is 0 Å². The number of carbonyl (C=O) groups is 1. The minimum Gasteiger partial charge on any atom is -0.484 e. The van der Waals surface area contributed by atoms with Crippen LogP contribution in [0.25, 0.3) is 0 Å². The lowest BCUT2D eigenvalue weighted by Crippen LogP contribution is -2.83. The number of nitrogens with zero attached hydrogens (tertiary/aromatic N) is 1. The van der Waals surface area contributed by atoms with Crippen molar-refractivity contribution in [2.24, 2.45) is 0 Å². The molecule has 6 nitrogen and oxygen atoms in total. The van der Waals surface area contributed by atoms with Crippen molar-refractivity contribution < 1.29 is 14.6 Å². The van der Waals surface area contributed by atoms with Gasteiger partial charge in [0, 0.05) is 23.3 Å².